The maximum atomic E-state index is 13.7. The van der Waals surface area contributed by atoms with Crippen LogP contribution >= 0.6 is 24.0 Å². The van der Waals surface area contributed by atoms with Gasteiger partial charge in [-0.3, -0.25) is 0 Å². The lowest BCUT2D eigenvalue weighted by atomic mass is 9.87. The van der Waals surface area contributed by atoms with Crippen LogP contribution in [0.4, 0.5) is 8.78 Å². The number of hydrogen-bond acceptors (Lipinski definition) is 1. The molecule has 0 bridgehead atoms. The van der Waals surface area contributed by atoms with Crippen LogP contribution in [0, 0.1) is 0 Å². The Morgan fingerprint density at radius 1 is 1.31 bits per heavy atom. The van der Waals surface area contributed by atoms with E-state index in [9.17, 15) is 8.78 Å². The van der Waals surface area contributed by atoms with Gasteiger partial charge < -0.3 is 5.32 Å². The van der Waals surface area contributed by atoms with Gasteiger partial charge in [0.25, 0.3) is 5.92 Å². The first kappa shape index (κ1) is 13.7. The summed E-state index contributed by atoms with van der Waals surface area (Å²) in [4.78, 5) is 0. The van der Waals surface area contributed by atoms with Crippen molar-refractivity contribution >= 4 is 24.0 Å². The third kappa shape index (κ3) is 1.92. The quantitative estimate of drug-likeness (QED) is 0.820. The van der Waals surface area contributed by atoms with Crippen molar-refractivity contribution < 1.29 is 8.78 Å². The number of hydrogen-bond donors (Lipinski definition) is 1. The highest BCUT2D eigenvalue weighted by Crippen LogP contribution is 2.45. The predicted molar refractivity (Wildman–Crippen MR) is 63.6 cm³/mol. The molecule has 1 unspecified atom stereocenters. The van der Waals surface area contributed by atoms with Gasteiger partial charge in [-0.2, -0.15) is 0 Å². The molecule has 90 valence electrons. The van der Waals surface area contributed by atoms with E-state index in [4.69, 9.17) is 11.6 Å². The molecule has 1 aromatic rings. The van der Waals surface area contributed by atoms with Crippen LogP contribution in [0.15, 0.2) is 24.3 Å². The van der Waals surface area contributed by atoms with Crippen LogP contribution in [0.1, 0.15) is 18.9 Å². The van der Waals surface area contributed by atoms with E-state index in [-0.39, 0.29) is 18.8 Å². The SMILES string of the molecule is CC1(c2ccccc2Cl)NCCC1(F)F.Cl. The molecule has 0 radical (unpaired) electrons. The Kier molecular flexibility index (Phi) is 3.83. The second-order valence-corrected chi connectivity index (χ2v) is 4.39. The molecule has 1 aromatic carbocycles. The molecular weight excluding hydrogens is 255 g/mol. The third-order valence-corrected chi connectivity index (χ3v) is 3.39. The smallest absolute Gasteiger partial charge is 0.271 e. The Morgan fingerprint density at radius 3 is 2.44 bits per heavy atom. The predicted octanol–water partition coefficient (Wildman–Crippen LogP) is 3.61. The van der Waals surface area contributed by atoms with Gasteiger partial charge in [-0.25, -0.2) is 8.78 Å². The molecule has 1 fully saturated rings. The van der Waals surface area contributed by atoms with E-state index in [1.165, 1.54) is 6.92 Å². The van der Waals surface area contributed by atoms with E-state index in [1.54, 1.807) is 24.3 Å². The van der Waals surface area contributed by atoms with Gasteiger partial charge in [0, 0.05) is 18.0 Å². The molecule has 1 N–H and O–H groups in total. The van der Waals surface area contributed by atoms with Crippen LogP contribution in [-0.2, 0) is 5.54 Å². The topological polar surface area (TPSA) is 12.0 Å². The molecule has 0 spiro atoms. The number of nitrogens with one attached hydrogen (secondary N) is 1. The Balaban J connectivity index is 0.00000128. The van der Waals surface area contributed by atoms with Crippen LogP contribution < -0.4 is 5.32 Å². The zero-order valence-corrected chi connectivity index (χ0v) is 10.3. The molecule has 1 heterocycles. The zero-order chi connectivity index (χ0) is 11.1. The van der Waals surface area contributed by atoms with Crippen LogP contribution in [0.2, 0.25) is 5.02 Å². The standard InChI is InChI=1S/C11H12ClF2N.ClH/c1-10(11(13,14)6-7-15-10)8-4-2-3-5-9(8)12;/h2-5,15H,6-7H2,1H3;1H. The molecule has 0 aromatic heterocycles. The molecule has 0 aliphatic carbocycles. The highest BCUT2D eigenvalue weighted by Gasteiger charge is 2.55. The Hall–Kier alpha value is -0.380. The number of benzene rings is 1. The van der Waals surface area contributed by atoms with E-state index in [1.807, 2.05) is 0 Å². The fraction of sp³-hybridized carbons (Fsp3) is 0.455. The van der Waals surface area contributed by atoms with Crippen molar-refractivity contribution in [2.24, 2.45) is 0 Å². The minimum Gasteiger partial charge on any atom is -0.302 e. The molecule has 5 heteroatoms. The highest BCUT2D eigenvalue weighted by molar-refractivity contribution is 6.31. The van der Waals surface area contributed by atoms with Crippen molar-refractivity contribution in [3.05, 3.63) is 34.9 Å². The first-order chi connectivity index (χ1) is 6.97. The maximum absolute atomic E-state index is 13.7. The van der Waals surface area contributed by atoms with Crippen LogP contribution in [0.5, 0.6) is 0 Å². The van der Waals surface area contributed by atoms with Gasteiger partial charge in [0.05, 0.1) is 0 Å². The van der Waals surface area contributed by atoms with E-state index >= 15 is 0 Å². The van der Waals surface area contributed by atoms with Gasteiger partial charge in [0.15, 0.2) is 0 Å². The number of rotatable bonds is 1. The molecule has 0 saturated carbocycles. The maximum Gasteiger partial charge on any atom is 0.271 e. The summed E-state index contributed by atoms with van der Waals surface area (Å²) >= 11 is 5.95. The Labute approximate surface area is 105 Å². The molecule has 0 amide bonds. The minimum atomic E-state index is -2.75. The molecule has 16 heavy (non-hydrogen) atoms. The number of alkyl halides is 2. The van der Waals surface area contributed by atoms with Gasteiger partial charge in [-0.15, -0.1) is 12.4 Å². The minimum absolute atomic E-state index is 0. The lowest BCUT2D eigenvalue weighted by molar-refractivity contribution is -0.0559. The lowest BCUT2D eigenvalue weighted by Crippen LogP contribution is -2.46. The summed E-state index contributed by atoms with van der Waals surface area (Å²) < 4.78 is 27.5. The second-order valence-electron chi connectivity index (χ2n) is 3.99. The summed E-state index contributed by atoms with van der Waals surface area (Å²) in [7, 11) is 0. The van der Waals surface area contributed by atoms with Crippen LogP contribution in [0.25, 0.3) is 0 Å². The Bertz CT molecular complexity index is 384. The highest BCUT2D eigenvalue weighted by atomic mass is 35.5. The van der Waals surface area contributed by atoms with E-state index in [0.29, 0.717) is 17.1 Å². The van der Waals surface area contributed by atoms with Gasteiger partial charge in [-0.05, 0) is 18.6 Å². The summed E-state index contributed by atoms with van der Waals surface area (Å²) in [6.07, 6.45) is -0.144. The van der Waals surface area contributed by atoms with E-state index < -0.39 is 11.5 Å². The van der Waals surface area contributed by atoms with Gasteiger partial charge in [0.2, 0.25) is 0 Å². The first-order valence-electron chi connectivity index (χ1n) is 4.85. The van der Waals surface area contributed by atoms with E-state index in [0.717, 1.165) is 0 Å². The monoisotopic (exact) mass is 267 g/mol. The normalized spacial score (nSPS) is 27.5. The van der Waals surface area contributed by atoms with Crippen LogP contribution in [-0.4, -0.2) is 12.5 Å². The molecule has 1 saturated heterocycles. The summed E-state index contributed by atoms with van der Waals surface area (Å²) in [5.74, 6) is -2.75. The van der Waals surface area contributed by atoms with Crippen molar-refractivity contribution in [2.45, 2.75) is 24.8 Å². The summed E-state index contributed by atoms with van der Waals surface area (Å²) in [5, 5.41) is 3.23. The lowest BCUT2D eigenvalue weighted by Gasteiger charge is -2.32. The fourth-order valence-electron chi connectivity index (χ4n) is 2.01. The second kappa shape index (κ2) is 4.47. The summed E-state index contributed by atoms with van der Waals surface area (Å²) in [6.45, 7) is 1.82. The average Bonchev–Trinajstić information content (AvgIpc) is 2.43. The third-order valence-electron chi connectivity index (χ3n) is 3.06. The molecular formula is C11H13Cl2F2N. The summed E-state index contributed by atoms with van der Waals surface area (Å²) in [5.41, 5.74) is -0.875. The molecule has 1 aliphatic rings. The average molecular weight is 268 g/mol. The van der Waals surface area contributed by atoms with Crippen molar-refractivity contribution in [1.82, 2.24) is 5.32 Å². The number of halogens is 4. The largest absolute Gasteiger partial charge is 0.302 e. The Morgan fingerprint density at radius 2 is 1.94 bits per heavy atom. The van der Waals surface area contributed by atoms with E-state index in [2.05, 4.69) is 5.32 Å². The fourth-order valence-corrected chi connectivity index (χ4v) is 2.33. The van der Waals surface area contributed by atoms with Crippen molar-refractivity contribution in [2.75, 3.05) is 6.54 Å². The van der Waals surface area contributed by atoms with Crippen LogP contribution in [0.3, 0.4) is 0 Å². The van der Waals surface area contributed by atoms with Gasteiger partial charge in [0.1, 0.15) is 5.54 Å². The van der Waals surface area contributed by atoms with Gasteiger partial charge >= 0.3 is 0 Å². The molecule has 1 aliphatic heterocycles. The van der Waals surface area contributed by atoms with Gasteiger partial charge in [-0.1, -0.05) is 29.8 Å². The first-order valence-corrected chi connectivity index (χ1v) is 5.23. The molecule has 2 rings (SSSR count). The van der Waals surface area contributed by atoms with Crippen molar-refractivity contribution in [3.8, 4) is 0 Å². The van der Waals surface area contributed by atoms with Crippen molar-refractivity contribution in [3.63, 3.8) is 0 Å². The summed E-state index contributed by atoms with van der Waals surface area (Å²) in [6, 6.07) is 6.75. The zero-order valence-electron chi connectivity index (χ0n) is 8.77. The van der Waals surface area contributed by atoms with Crippen molar-refractivity contribution in [1.29, 1.82) is 0 Å². The molecule has 1 nitrogen and oxygen atoms in total. The molecule has 1 atom stereocenters.